The van der Waals surface area contributed by atoms with Crippen LogP contribution in [0.4, 0.5) is 0 Å². The van der Waals surface area contributed by atoms with Crippen LogP contribution in [0.2, 0.25) is 0 Å². The number of thiophene rings is 2. The SMILES string of the molecule is O=C(N(CCc1cccs1)Cc1cccnc1)C1(c2cccs2)CCCC1. The molecule has 0 aromatic carbocycles. The van der Waals surface area contributed by atoms with Gasteiger partial charge in [0.1, 0.15) is 0 Å². The molecule has 0 spiro atoms. The number of amides is 1. The molecule has 0 aliphatic heterocycles. The number of aromatic nitrogens is 1. The summed E-state index contributed by atoms with van der Waals surface area (Å²) in [5.41, 5.74) is 0.766. The minimum Gasteiger partial charge on any atom is -0.337 e. The van der Waals surface area contributed by atoms with E-state index in [0.29, 0.717) is 12.5 Å². The van der Waals surface area contributed by atoms with Gasteiger partial charge < -0.3 is 4.90 Å². The lowest BCUT2D eigenvalue weighted by molar-refractivity contribution is -0.137. The van der Waals surface area contributed by atoms with Gasteiger partial charge in [0.15, 0.2) is 0 Å². The monoisotopic (exact) mass is 396 g/mol. The zero-order valence-corrected chi connectivity index (χ0v) is 17.0. The maximum atomic E-state index is 13.8. The highest BCUT2D eigenvalue weighted by molar-refractivity contribution is 7.10. The highest BCUT2D eigenvalue weighted by Crippen LogP contribution is 2.44. The van der Waals surface area contributed by atoms with Crippen LogP contribution in [0.1, 0.15) is 41.0 Å². The van der Waals surface area contributed by atoms with Crippen molar-refractivity contribution in [2.75, 3.05) is 6.54 Å². The minimum absolute atomic E-state index is 0.294. The number of nitrogens with zero attached hydrogens (tertiary/aromatic N) is 2. The lowest BCUT2D eigenvalue weighted by atomic mass is 9.82. The lowest BCUT2D eigenvalue weighted by Gasteiger charge is -2.34. The van der Waals surface area contributed by atoms with Gasteiger partial charge in [0.2, 0.25) is 5.91 Å². The Morgan fingerprint density at radius 1 is 1.07 bits per heavy atom. The zero-order chi connectivity index (χ0) is 18.5. The van der Waals surface area contributed by atoms with Crippen LogP contribution < -0.4 is 0 Å². The van der Waals surface area contributed by atoms with Crippen LogP contribution in [0.5, 0.6) is 0 Å². The van der Waals surface area contributed by atoms with E-state index in [-0.39, 0.29) is 5.41 Å². The highest BCUT2D eigenvalue weighted by atomic mass is 32.1. The molecule has 140 valence electrons. The first-order valence-electron chi connectivity index (χ1n) is 9.53. The van der Waals surface area contributed by atoms with Gasteiger partial charge in [0, 0.05) is 35.2 Å². The summed E-state index contributed by atoms with van der Waals surface area (Å²) in [6.45, 7) is 1.38. The van der Waals surface area contributed by atoms with Crippen molar-refractivity contribution in [3.63, 3.8) is 0 Å². The predicted molar refractivity (Wildman–Crippen MR) is 112 cm³/mol. The smallest absolute Gasteiger partial charge is 0.234 e. The highest BCUT2D eigenvalue weighted by Gasteiger charge is 2.45. The van der Waals surface area contributed by atoms with Crippen LogP contribution >= 0.6 is 22.7 Å². The summed E-state index contributed by atoms with van der Waals surface area (Å²) >= 11 is 3.49. The molecule has 1 amide bonds. The van der Waals surface area contributed by atoms with Crippen LogP contribution in [0.25, 0.3) is 0 Å². The van der Waals surface area contributed by atoms with Gasteiger partial charge in [-0.3, -0.25) is 9.78 Å². The lowest BCUT2D eigenvalue weighted by Crippen LogP contribution is -2.45. The fraction of sp³-hybridized carbons (Fsp3) is 0.364. The molecule has 1 aliphatic carbocycles. The van der Waals surface area contributed by atoms with E-state index < -0.39 is 0 Å². The van der Waals surface area contributed by atoms with E-state index in [1.54, 1.807) is 28.9 Å². The Morgan fingerprint density at radius 2 is 1.89 bits per heavy atom. The van der Waals surface area contributed by atoms with Crippen molar-refractivity contribution >= 4 is 28.6 Å². The van der Waals surface area contributed by atoms with Crippen LogP contribution in [0.15, 0.2) is 59.6 Å². The molecule has 0 saturated heterocycles. The summed E-state index contributed by atoms with van der Waals surface area (Å²) in [5.74, 6) is 0.294. The standard InChI is InChI=1S/C22H24N2OS2/c25-21(22(10-1-2-11-22)20-8-5-15-27-20)24(13-9-19-7-4-14-26-19)17-18-6-3-12-23-16-18/h3-8,12,14-16H,1-2,9-11,13,17H2. The average molecular weight is 397 g/mol. The van der Waals surface area contributed by atoms with E-state index in [2.05, 4.69) is 51.0 Å². The molecule has 0 unspecified atom stereocenters. The molecular weight excluding hydrogens is 372 g/mol. The van der Waals surface area contributed by atoms with Crippen molar-refractivity contribution in [1.82, 2.24) is 9.88 Å². The van der Waals surface area contributed by atoms with Gasteiger partial charge >= 0.3 is 0 Å². The number of pyridine rings is 1. The molecule has 27 heavy (non-hydrogen) atoms. The Morgan fingerprint density at radius 3 is 2.56 bits per heavy atom. The molecule has 0 bridgehead atoms. The number of hydrogen-bond donors (Lipinski definition) is 0. The average Bonchev–Trinajstić information content (AvgIpc) is 3.47. The van der Waals surface area contributed by atoms with Crippen molar-refractivity contribution in [3.8, 4) is 0 Å². The molecule has 3 aromatic heterocycles. The van der Waals surface area contributed by atoms with Crippen molar-refractivity contribution in [2.24, 2.45) is 0 Å². The van der Waals surface area contributed by atoms with E-state index in [4.69, 9.17) is 0 Å². The Bertz CT molecular complexity index is 838. The number of hydrogen-bond acceptors (Lipinski definition) is 4. The maximum Gasteiger partial charge on any atom is 0.234 e. The molecule has 4 rings (SSSR count). The molecule has 1 aliphatic rings. The first-order chi connectivity index (χ1) is 13.3. The maximum absolute atomic E-state index is 13.8. The Balaban J connectivity index is 1.60. The topological polar surface area (TPSA) is 33.2 Å². The van der Waals surface area contributed by atoms with E-state index in [1.807, 2.05) is 12.3 Å². The van der Waals surface area contributed by atoms with E-state index in [0.717, 1.165) is 44.2 Å². The molecule has 0 N–H and O–H groups in total. The molecule has 1 saturated carbocycles. The first-order valence-corrected chi connectivity index (χ1v) is 11.3. The van der Waals surface area contributed by atoms with Crippen LogP contribution in [-0.2, 0) is 23.2 Å². The summed E-state index contributed by atoms with van der Waals surface area (Å²) in [6.07, 6.45) is 8.77. The van der Waals surface area contributed by atoms with E-state index in [1.165, 1.54) is 9.75 Å². The summed E-state index contributed by atoms with van der Waals surface area (Å²) in [5, 5.41) is 4.20. The summed E-state index contributed by atoms with van der Waals surface area (Å²) < 4.78 is 0. The molecular formula is C22H24N2OS2. The molecule has 3 nitrogen and oxygen atoms in total. The fourth-order valence-corrected chi connectivity index (χ4v) is 5.74. The minimum atomic E-state index is -0.328. The van der Waals surface area contributed by atoms with Crippen molar-refractivity contribution in [2.45, 2.75) is 44.1 Å². The number of rotatable bonds is 7. The van der Waals surface area contributed by atoms with E-state index in [9.17, 15) is 4.79 Å². The molecule has 0 atom stereocenters. The first kappa shape index (κ1) is 18.4. The third kappa shape index (κ3) is 3.99. The third-order valence-electron chi connectivity index (χ3n) is 5.45. The van der Waals surface area contributed by atoms with Gasteiger partial charge in [-0.2, -0.15) is 0 Å². The quantitative estimate of drug-likeness (QED) is 0.544. The zero-order valence-electron chi connectivity index (χ0n) is 15.3. The Labute approximate surface area is 168 Å². The van der Waals surface area contributed by atoms with Gasteiger partial charge in [-0.05, 0) is 53.8 Å². The van der Waals surface area contributed by atoms with Crippen molar-refractivity contribution in [1.29, 1.82) is 0 Å². The summed E-state index contributed by atoms with van der Waals surface area (Å²) in [7, 11) is 0. The van der Waals surface area contributed by atoms with Gasteiger partial charge in [0.25, 0.3) is 0 Å². The molecule has 1 fully saturated rings. The normalized spacial score (nSPS) is 15.7. The summed E-state index contributed by atoms with van der Waals surface area (Å²) in [6, 6.07) is 12.5. The number of carbonyl (C=O) groups is 1. The largest absolute Gasteiger partial charge is 0.337 e. The second-order valence-electron chi connectivity index (χ2n) is 7.18. The van der Waals surface area contributed by atoms with Crippen LogP contribution in [0, 0.1) is 0 Å². The predicted octanol–water partition coefficient (Wildman–Crippen LogP) is 5.29. The second kappa shape index (κ2) is 8.36. The number of carbonyl (C=O) groups excluding carboxylic acids is 1. The second-order valence-corrected chi connectivity index (χ2v) is 9.16. The summed E-state index contributed by atoms with van der Waals surface area (Å²) in [4.78, 5) is 22.7. The molecule has 3 heterocycles. The molecule has 5 heteroatoms. The van der Waals surface area contributed by atoms with Crippen molar-refractivity contribution < 1.29 is 4.79 Å². The molecule has 0 radical (unpaired) electrons. The Hall–Kier alpha value is -1.98. The van der Waals surface area contributed by atoms with Crippen molar-refractivity contribution in [3.05, 3.63) is 74.9 Å². The third-order valence-corrected chi connectivity index (χ3v) is 7.46. The van der Waals surface area contributed by atoms with Gasteiger partial charge in [-0.1, -0.05) is 31.0 Å². The van der Waals surface area contributed by atoms with Crippen LogP contribution in [-0.4, -0.2) is 22.3 Å². The Kier molecular flexibility index (Phi) is 5.69. The van der Waals surface area contributed by atoms with Gasteiger partial charge in [-0.15, -0.1) is 22.7 Å². The van der Waals surface area contributed by atoms with Gasteiger partial charge in [-0.25, -0.2) is 0 Å². The fourth-order valence-electron chi connectivity index (χ4n) is 4.06. The van der Waals surface area contributed by atoms with Crippen LogP contribution in [0.3, 0.4) is 0 Å². The molecule has 3 aromatic rings. The van der Waals surface area contributed by atoms with Gasteiger partial charge in [0.05, 0.1) is 5.41 Å². The van der Waals surface area contributed by atoms with E-state index >= 15 is 0 Å².